The van der Waals surface area contributed by atoms with Crippen molar-refractivity contribution in [2.24, 2.45) is 4.99 Å². The molecule has 0 aliphatic carbocycles. The summed E-state index contributed by atoms with van der Waals surface area (Å²) in [6, 6.07) is 2.15. The van der Waals surface area contributed by atoms with Gasteiger partial charge in [-0.25, -0.2) is 0 Å². The van der Waals surface area contributed by atoms with E-state index in [-0.39, 0.29) is 28.7 Å². The number of hydrogen-bond acceptors (Lipinski definition) is 3. The van der Waals surface area contributed by atoms with E-state index < -0.39 is 0 Å². The van der Waals surface area contributed by atoms with Crippen molar-refractivity contribution in [2.45, 2.75) is 25.1 Å². The van der Waals surface area contributed by atoms with Crippen LogP contribution in [0, 0.1) is 0 Å². The Morgan fingerprint density at radius 3 is 2.68 bits per heavy atom. The van der Waals surface area contributed by atoms with Gasteiger partial charge >= 0.3 is 0 Å². The Labute approximate surface area is 142 Å². The zero-order valence-corrected chi connectivity index (χ0v) is 16.2. The van der Waals surface area contributed by atoms with Crippen molar-refractivity contribution in [3.8, 4) is 0 Å². The first kappa shape index (κ1) is 19.1. The first-order chi connectivity index (χ1) is 8.48. The number of aliphatic imine (C=N–C) groups is 1. The molecule has 0 atom stereocenters. The summed E-state index contributed by atoms with van der Waals surface area (Å²) < 4.78 is 0.221. The van der Waals surface area contributed by atoms with Gasteiger partial charge in [0.25, 0.3) is 0 Å². The third-order valence-electron chi connectivity index (χ3n) is 2.80. The predicted octanol–water partition coefficient (Wildman–Crippen LogP) is 3.51. The highest BCUT2D eigenvalue weighted by atomic mass is 127. The minimum atomic E-state index is 0. The number of hydrogen-bond donors (Lipinski definition) is 1. The van der Waals surface area contributed by atoms with Crippen molar-refractivity contribution in [3.05, 3.63) is 22.4 Å². The van der Waals surface area contributed by atoms with Gasteiger partial charge in [-0.15, -0.1) is 24.0 Å². The van der Waals surface area contributed by atoms with Crippen LogP contribution in [0.5, 0.6) is 0 Å². The van der Waals surface area contributed by atoms with Crippen LogP contribution in [0.1, 0.15) is 19.4 Å². The van der Waals surface area contributed by atoms with Gasteiger partial charge in [0.15, 0.2) is 5.96 Å². The fourth-order valence-corrected chi connectivity index (χ4v) is 2.36. The fraction of sp³-hybridized carbons (Fsp3) is 0.615. The molecule has 1 heterocycles. The molecule has 110 valence electrons. The van der Waals surface area contributed by atoms with Crippen LogP contribution in [0.25, 0.3) is 0 Å². The lowest BCUT2D eigenvalue weighted by Gasteiger charge is -2.27. The topological polar surface area (TPSA) is 27.6 Å². The lowest BCUT2D eigenvalue weighted by atomic mass is 10.2. The molecule has 0 spiro atoms. The summed E-state index contributed by atoms with van der Waals surface area (Å²) in [7, 11) is 3.90. The SMILES string of the molecule is CN=C(NCC(C)(C)SC)N(C)Cc1ccsc1.I. The zero-order chi connectivity index (χ0) is 13.6. The average molecular weight is 413 g/mol. The van der Waals surface area contributed by atoms with Crippen LogP contribution in [0.2, 0.25) is 0 Å². The Bertz CT molecular complexity index is 377. The van der Waals surface area contributed by atoms with Crippen LogP contribution in [-0.2, 0) is 6.54 Å². The smallest absolute Gasteiger partial charge is 0.193 e. The molecule has 0 fully saturated rings. The largest absolute Gasteiger partial charge is 0.355 e. The monoisotopic (exact) mass is 413 g/mol. The Morgan fingerprint density at radius 2 is 2.21 bits per heavy atom. The minimum absolute atomic E-state index is 0. The van der Waals surface area contributed by atoms with E-state index in [1.165, 1.54) is 5.56 Å². The second-order valence-corrected chi connectivity index (χ2v) is 7.15. The summed E-state index contributed by atoms with van der Waals surface area (Å²) in [4.78, 5) is 6.48. The third kappa shape index (κ3) is 6.85. The van der Waals surface area contributed by atoms with E-state index in [2.05, 4.69) is 59.2 Å². The van der Waals surface area contributed by atoms with Crippen LogP contribution >= 0.6 is 47.1 Å². The van der Waals surface area contributed by atoms with E-state index in [1.54, 1.807) is 11.3 Å². The van der Waals surface area contributed by atoms with Gasteiger partial charge in [-0.3, -0.25) is 4.99 Å². The van der Waals surface area contributed by atoms with Crippen molar-refractivity contribution >= 4 is 53.0 Å². The standard InChI is InChI=1S/C13H23N3S2.HI/c1-13(2,17-5)10-15-12(14-3)16(4)8-11-6-7-18-9-11;/h6-7,9H,8,10H2,1-5H3,(H,14,15);1H. The Balaban J connectivity index is 0.00000324. The average Bonchev–Trinajstić information content (AvgIpc) is 2.82. The molecule has 0 amide bonds. The molecule has 0 saturated heterocycles. The summed E-state index contributed by atoms with van der Waals surface area (Å²) in [6.07, 6.45) is 2.14. The van der Waals surface area contributed by atoms with Crippen molar-refractivity contribution in [1.29, 1.82) is 0 Å². The molecule has 0 unspecified atom stereocenters. The summed E-state index contributed by atoms with van der Waals surface area (Å²) in [5.74, 6) is 0.948. The summed E-state index contributed by atoms with van der Waals surface area (Å²) >= 11 is 3.59. The predicted molar refractivity (Wildman–Crippen MR) is 100 cm³/mol. The van der Waals surface area contributed by atoms with Crippen LogP contribution in [0.15, 0.2) is 21.8 Å². The Kier molecular flexibility index (Phi) is 9.10. The molecule has 1 N–H and O–H groups in total. The molecule has 0 aromatic carbocycles. The van der Waals surface area contributed by atoms with Gasteiger partial charge in [-0.05, 0) is 42.5 Å². The molecule has 3 nitrogen and oxygen atoms in total. The van der Waals surface area contributed by atoms with E-state index in [1.807, 2.05) is 18.8 Å². The van der Waals surface area contributed by atoms with Crippen molar-refractivity contribution in [2.75, 3.05) is 26.9 Å². The van der Waals surface area contributed by atoms with Crippen LogP contribution in [-0.4, -0.2) is 42.5 Å². The molecule has 0 aliphatic heterocycles. The Hall–Kier alpha value is 0.0500. The molecule has 1 aromatic rings. The molecular formula is C13H24IN3S2. The number of nitrogens with one attached hydrogen (secondary N) is 1. The molecule has 19 heavy (non-hydrogen) atoms. The molecular weight excluding hydrogens is 389 g/mol. The van der Waals surface area contributed by atoms with E-state index in [4.69, 9.17) is 0 Å². The quantitative estimate of drug-likeness (QED) is 0.455. The highest BCUT2D eigenvalue weighted by Crippen LogP contribution is 2.19. The van der Waals surface area contributed by atoms with E-state index in [0.717, 1.165) is 19.0 Å². The Morgan fingerprint density at radius 1 is 1.53 bits per heavy atom. The van der Waals surface area contributed by atoms with Crippen LogP contribution in [0.3, 0.4) is 0 Å². The number of halogens is 1. The fourth-order valence-electron chi connectivity index (χ4n) is 1.48. The maximum absolute atomic E-state index is 4.33. The van der Waals surface area contributed by atoms with Crippen LogP contribution < -0.4 is 5.32 Å². The summed E-state index contributed by atoms with van der Waals surface area (Å²) in [5, 5.41) is 7.71. The third-order valence-corrected chi connectivity index (χ3v) is 4.78. The molecule has 0 saturated carbocycles. The number of rotatable bonds is 5. The molecule has 6 heteroatoms. The number of nitrogens with zero attached hydrogens (tertiary/aromatic N) is 2. The van der Waals surface area contributed by atoms with Crippen molar-refractivity contribution in [3.63, 3.8) is 0 Å². The maximum Gasteiger partial charge on any atom is 0.193 e. The first-order valence-corrected chi connectivity index (χ1v) is 8.13. The van der Waals surface area contributed by atoms with Gasteiger partial charge in [0, 0.05) is 31.9 Å². The second-order valence-electron chi connectivity index (χ2n) is 4.85. The van der Waals surface area contributed by atoms with E-state index >= 15 is 0 Å². The van der Waals surface area contributed by atoms with E-state index in [9.17, 15) is 0 Å². The van der Waals surface area contributed by atoms with Crippen molar-refractivity contribution < 1.29 is 0 Å². The molecule has 0 radical (unpaired) electrons. The highest BCUT2D eigenvalue weighted by molar-refractivity contribution is 14.0. The van der Waals surface area contributed by atoms with Gasteiger partial charge in [-0.1, -0.05) is 0 Å². The molecule has 1 rings (SSSR count). The zero-order valence-electron chi connectivity index (χ0n) is 12.3. The minimum Gasteiger partial charge on any atom is -0.355 e. The summed E-state index contributed by atoms with van der Waals surface area (Å²) in [5.41, 5.74) is 1.33. The normalized spacial score (nSPS) is 11.9. The maximum atomic E-state index is 4.33. The van der Waals surface area contributed by atoms with E-state index in [0.29, 0.717) is 0 Å². The van der Waals surface area contributed by atoms with Gasteiger partial charge in [0.05, 0.1) is 0 Å². The molecule has 0 aliphatic rings. The first-order valence-electron chi connectivity index (χ1n) is 5.96. The highest BCUT2D eigenvalue weighted by Gasteiger charge is 2.17. The number of thiophene rings is 1. The molecule has 1 aromatic heterocycles. The number of thioether (sulfide) groups is 1. The summed E-state index contributed by atoms with van der Waals surface area (Å²) in [6.45, 7) is 6.27. The van der Waals surface area contributed by atoms with Gasteiger partial charge in [0.1, 0.15) is 0 Å². The van der Waals surface area contributed by atoms with Gasteiger partial charge in [-0.2, -0.15) is 23.1 Å². The van der Waals surface area contributed by atoms with Gasteiger partial charge in [0.2, 0.25) is 0 Å². The second kappa shape index (κ2) is 9.07. The van der Waals surface area contributed by atoms with Crippen LogP contribution in [0.4, 0.5) is 0 Å². The lowest BCUT2D eigenvalue weighted by molar-refractivity contribution is 0.472. The van der Waals surface area contributed by atoms with Crippen molar-refractivity contribution in [1.82, 2.24) is 10.2 Å². The van der Waals surface area contributed by atoms with Gasteiger partial charge < -0.3 is 10.2 Å². The number of guanidine groups is 1. The lowest BCUT2D eigenvalue weighted by Crippen LogP contribution is -2.43. The molecule has 0 bridgehead atoms.